The molecule has 3 aliphatic rings. The van der Waals surface area contributed by atoms with Crippen molar-refractivity contribution in [1.29, 1.82) is 0 Å². The van der Waals surface area contributed by atoms with Gasteiger partial charge in [0.1, 0.15) is 63.9 Å². The molecule has 1 unspecified atom stereocenters. The van der Waals surface area contributed by atoms with E-state index in [1.165, 1.54) is 96.6 Å². The Kier molecular flexibility index (Phi) is 12.0. The lowest BCUT2D eigenvalue weighted by molar-refractivity contribution is -0.149. The van der Waals surface area contributed by atoms with Gasteiger partial charge in [0.15, 0.2) is 8.68 Å². The summed E-state index contributed by atoms with van der Waals surface area (Å²) >= 11 is 8.02. The largest absolute Gasteiger partial charge is 0.477 e. The molecule has 3 atom stereocenters. The first-order valence-corrected chi connectivity index (χ1v) is 21.7. The number of amides is 4. The Hall–Kier alpha value is -4.51. The first-order valence-electron chi connectivity index (χ1n) is 16.0. The van der Waals surface area contributed by atoms with Crippen LogP contribution in [-0.4, -0.2) is 152 Å². The van der Waals surface area contributed by atoms with Crippen LogP contribution in [-0.2, 0) is 37.1 Å². The maximum Gasteiger partial charge on any atom is 0.352 e. The van der Waals surface area contributed by atoms with Crippen molar-refractivity contribution in [2.45, 2.75) is 52.4 Å². The molecule has 7 heterocycles. The molecule has 55 heavy (non-hydrogen) atoms. The Bertz CT molecular complexity index is 2160. The average molecular weight is 865 g/mol. The number of aromatic nitrogens is 12. The molecule has 3 aliphatic heterocycles. The first kappa shape index (κ1) is 38.8. The van der Waals surface area contributed by atoms with Gasteiger partial charge in [0.25, 0.3) is 11.8 Å². The summed E-state index contributed by atoms with van der Waals surface area (Å²) in [5.41, 5.74) is 0.764. The number of nitrogens with one attached hydrogen (secondary N) is 2. The Morgan fingerprint density at radius 1 is 0.836 bits per heavy atom. The topological polar surface area (TPSA) is 275 Å². The quantitative estimate of drug-likeness (QED) is 0.0982. The van der Waals surface area contributed by atoms with Crippen molar-refractivity contribution in [3.8, 4) is 0 Å². The van der Waals surface area contributed by atoms with Crippen LogP contribution in [0.3, 0.4) is 0 Å². The van der Waals surface area contributed by atoms with Gasteiger partial charge in [-0.3, -0.25) is 29.0 Å². The standard InChI is InChI=1S/C27H28N16O6S6/c1-12-32-34-26(54-12)52-8-14-7-51-24-19(31-17(45)5-41-11-30-37-39-41)22(46)43(24)20(14)23(47)42-18(3-28-16(44)4-40-10-29-36-38-40)50-6-15(21(42)25(48)49)9-53-27-35-33-13(2)55-27/h10-11,18-19,24H,3-9H2,1-2H3,(H,28,44)(H,31,45)(H,48,49)/t18?,19-,24-/m1/s1. The van der Waals surface area contributed by atoms with E-state index in [0.29, 0.717) is 25.6 Å². The van der Waals surface area contributed by atoms with Gasteiger partial charge in [-0.05, 0) is 45.8 Å². The number of carboxylic acid groups (broad SMARTS) is 1. The van der Waals surface area contributed by atoms with Gasteiger partial charge in [0, 0.05) is 29.6 Å². The molecule has 0 aliphatic carbocycles. The van der Waals surface area contributed by atoms with E-state index in [1.807, 2.05) is 13.8 Å². The Morgan fingerprint density at radius 2 is 1.42 bits per heavy atom. The van der Waals surface area contributed by atoms with Gasteiger partial charge in [-0.15, -0.1) is 54.1 Å². The smallest absolute Gasteiger partial charge is 0.352 e. The molecule has 0 aromatic carbocycles. The number of β-lactam (4-membered cyclic amide) rings is 1. The zero-order valence-corrected chi connectivity index (χ0v) is 33.4. The lowest BCUT2D eigenvalue weighted by atomic mass is 10.0. The molecule has 22 nitrogen and oxygen atoms in total. The molecule has 0 spiro atoms. The number of carbonyl (C=O) groups excluding carboxylic acids is 4. The predicted molar refractivity (Wildman–Crippen MR) is 199 cm³/mol. The lowest BCUT2D eigenvalue weighted by Crippen LogP contribution is -2.71. The van der Waals surface area contributed by atoms with Crippen molar-refractivity contribution in [1.82, 2.24) is 81.2 Å². The Labute approximate surface area is 335 Å². The number of nitrogens with zero attached hydrogens (tertiary/aromatic N) is 14. The molecule has 0 saturated carbocycles. The van der Waals surface area contributed by atoms with Gasteiger partial charge in [-0.1, -0.05) is 46.2 Å². The number of hydrogen-bond donors (Lipinski definition) is 3. The summed E-state index contributed by atoms with van der Waals surface area (Å²) in [4.78, 5) is 70.5. The molecule has 4 aromatic rings. The van der Waals surface area contributed by atoms with Gasteiger partial charge in [0.2, 0.25) is 11.8 Å². The molecular formula is C27H28N16O6S6. The maximum absolute atomic E-state index is 15.1. The minimum Gasteiger partial charge on any atom is -0.477 e. The van der Waals surface area contributed by atoms with E-state index in [0.717, 1.165) is 14.9 Å². The van der Waals surface area contributed by atoms with Crippen molar-refractivity contribution in [3.05, 3.63) is 45.2 Å². The van der Waals surface area contributed by atoms with E-state index in [-0.39, 0.29) is 48.3 Å². The highest BCUT2D eigenvalue weighted by Crippen LogP contribution is 2.44. The molecule has 0 radical (unpaired) electrons. The predicted octanol–water partition coefficient (Wildman–Crippen LogP) is -0.725. The summed E-state index contributed by atoms with van der Waals surface area (Å²) in [7, 11) is 0. The summed E-state index contributed by atoms with van der Waals surface area (Å²) in [6, 6.07) is -0.967. The number of aryl methyl sites for hydroxylation is 2. The third-order valence-corrected chi connectivity index (χ3v) is 14.7. The number of aliphatic carboxylic acids is 1. The zero-order valence-electron chi connectivity index (χ0n) is 28.5. The highest BCUT2D eigenvalue weighted by Gasteiger charge is 2.55. The van der Waals surface area contributed by atoms with E-state index in [9.17, 15) is 24.3 Å². The normalized spacial score (nSPS) is 19.7. The molecule has 1 fully saturated rings. The Morgan fingerprint density at radius 3 is 1.96 bits per heavy atom. The van der Waals surface area contributed by atoms with E-state index < -0.39 is 46.4 Å². The summed E-state index contributed by atoms with van der Waals surface area (Å²) in [5, 5.41) is 54.1. The van der Waals surface area contributed by atoms with Crippen molar-refractivity contribution < 1.29 is 29.1 Å². The van der Waals surface area contributed by atoms with Crippen LogP contribution in [0.25, 0.3) is 0 Å². The fourth-order valence-electron chi connectivity index (χ4n) is 5.56. The fraction of sp³-hybridized carbons (Fsp3) is 0.444. The molecule has 4 amide bonds. The third kappa shape index (κ3) is 8.82. The van der Waals surface area contributed by atoms with E-state index in [2.05, 4.69) is 62.1 Å². The first-order chi connectivity index (χ1) is 26.5. The van der Waals surface area contributed by atoms with Crippen LogP contribution >= 0.6 is 69.7 Å². The van der Waals surface area contributed by atoms with Crippen LogP contribution in [0, 0.1) is 13.8 Å². The number of thioether (sulfide) groups is 4. The molecule has 28 heteroatoms. The van der Waals surface area contributed by atoms with Gasteiger partial charge >= 0.3 is 5.97 Å². The molecule has 0 bridgehead atoms. The number of hydrogen-bond acceptors (Lipinski definition) is 21. The van der Waals surface area contributed by atoms with Crippen molar-refractivity contribution in [2.24, 2.45) is 0 Å². The SMILES string of the molecule is Cc1nnc(SCC2=C(C(=O)O)N(C(=O)C3=C(CSc4nnc(C)s4)CS[C@@H]4[C@H](NC(=O)Cn5cnnn5)C(=O)N34)C(CNC(=O)Cn3cnnn3)SC2)s1. The monoisotopic (exact) mass is 864 g/mol. The highest BCUT2D eigenvalue weighted by atomic mass is 32.2. The summed E-state index contributed by atoms with van der Waals surface area (Å²) in [6.45, 7) is 3.07. The molecule has 3 N–H and O–H groups in total. The second-order valence-corrected chi connectivity index (χ2v) is 18.8. The second kappa shape index (κ2) is 17.1. The van der Waals surface area contributed by atoms with Crippen LogP contribution in [0.4, 0.5) is 0 Å². The lowest BCUT2D eigenvalue weighted by Gasteiger charge is -2.51. The van der Waals surface area contributed by atoms with E-state index in [1.54, 1.807) is 0 Å². The molecule has 4 aromatic heterocycles. The third-order valence-electron chi connectivity index (χ3n) is 7.92. The van der Waals surface area contributed by atoms with Crippen LogP contribution in [0.15, 0.2) is 43.9 Å². The molecule has 7 rings (SSSR count). The zero-order chi connectivity index (χ0) is 38.6. The van der Waals surface area contributed by atoms with Crippen LogP contribution in [0.1, 0.15) is 10.0 Å². The van der Waals surface area contributed by atoms with Crippen molar-refractivity contribution in [2.75, 3.05) is 29.6 Å². The molecule has 1 saturated heterocycles. The summed E-state index contributed by atoms with van der Waals surface area (Å²) in [6.07, 6.45) is 2.54. The average Bonchev–Trinajstić information content (AvgIpc) is 4.01. The van der Waals surface area contributed by atoms with Gasteiger partial charge < -0.3 is 15.7 Å². The van der Waals surface area contributed by atoms with Gasteiger partial charge in [0.05, 0.1) is 0 Å². The maximum atomic E-state index is 15.1. The van der Waals surface area contributed by atoms with Crippen molar-refractivity contribution >= 4 is 99.3 Å². The summed E-state index contributed by atoms with van der Waals surface area (Å²) in [5.74, 6) is -2.64. The van der Waals surface area contributed by atoms with Crippen molar-refractivity contribution in [3.63, 3.8) is 0 Å². The number of tetrazole rings is 2. The second-order valence-electron chi connectivity index (χ2n) is 11.7. The number of rotatable bonds is 15. The van der Waals surface area contributed by atoms with Gasteiger partial charge in [-0.25, -0.2) is 14.2 Å². The van der Waals surface area contributed by atoms with Gasteiger partial charge in [-0.2, -0.15) is 0 Å². The number of carboxylic acids is 1. The van der Waals surface area contributed by atoms with Crippen LogP contribution in [0.2, 0.25) is 0 Å². The molecular weight excluding hydrogens is 837 g/mol. The Balaban J connectivity index is 1.21. The van der Waals surface area contributed by atoms with Crippen LogP contribution in [0.5, 0.6) is 0 Å². The fourth-order valence-corrected chi connectivity index (χ4v) is 12.0. The minimum absolute atomic E-state index is 0.00600. The van der Waals surface area contributed by atoms with E-state index in [4.69, 9.17) is 0 Å². The molecule has 288 valence electrons. The van der Waals surface area contributed by atoms with E-state index >= 15 is 4.79 Å². The minimum atomic E-state index is -1.35. The number of fused-ring (bicyclic) bond motifs is 1. The van der Waals surface area contributed by atoms with Crippen LogP contribution < -0.4 is 10.6 Å². The highest BCUT2D eigenvalue weighted by molar-refractivity contribution is 8.02. The number of carbonyl (C=O) groups is 5. The summed E-state index contributed by atoms with van der Waals surface area (Å²) < 4.78 is 3.72.